The summed E-state index contributed by atoms with van der Waals surface area (Å²) in [6, 6.07) is 5.10. The van der Waals surface area contributed by atoms with Crippen LogP contribution in [0.2, 0.25) is 0 Å². The van der Waals surface area contributed by atoms with Gasteiger partial charge in [-0.15, -0.1) is 0 Å². The van der Waals surface area contributed by atoms with E-state index >= 15 is 0 Å². The maximum absolute atomic E-state index is 11.3. The molecule has 1 aromatic rings. The lowest BCUT2D eigenvalue weighted by Gasteiger charge is -2.33. The number of carboxylic acids is 1. The van der Waals surface area contributed by atoms with Crippen molar-refractivity contribution in [2.45, 2.75) is 31.2 Å². The molecule has 0 bridgehead atoms. The van der Waals surface area contributed by atoms with Gasteiger partial charge < -0.3 is 20.8 Å². The molecule has 0 aliphatic carbocycles. The molecule has 1 saturated heterocycles. The molecular formula is C17H23BN4O4. The van der Waals surface area contributed by atoms with Gasteiger partial charge in [-0.3, -0.25) is 4.90 Å². The number of nitroso groups, excluding NO2 is 1. The first-order chi connectivity index (χ1) is 12.5. The van der Waals surface area contributed by atoms with Gasteiger partial charge in [0.05, 0.1) is 11.5 Å². The van der Waals surface area contributed by atoms with Crippen LogP contribution in [0.3, 0.4) is 0 Å². The van der Waals surface area contributed by atoms with Crippen LogP contribution in [0.4, 0.5) is 0 Å². The van der Waals surface area contributed by atoms with Crippen molar-refractivity contribution in [1.29, 1.82) is 0 Å². The summed E-state index contributed by atoms with van der Waals surface area (Å²) in [4.78, 5) is 24.8. The molecule has 0 aromatic heterocycles. The molecule has 0 saturated carbocycles. The first kappa shape index (κ1) is 18.4. The molecule has 0 amide bonds. The summed E-state index contributed by atoms with van der Waals surface area (Å²) in [5, 5.41) is 15.5. The van der Waals surface area contributed by atoms with Gasteiger partial charge in [0.1, 0.15) is 5.75 Å². The Hall–Kier alpha value is -2.39. The van der Waals surface area contributed by atoms with E-state index in [-0.39, 0.29) is 17.4 Å². The van der Waals surface area contributed by atoms with Gasteiger partial charge in [0.2, 0.25) is 0 Å². The third kappa shape index (κ3) is 4.05. The molecule has 2 heterocycles. The zero-order chi connectivity index (χ0) is 18.7. The summed E-state index contributed by atoms with van der Waals surface area (Å²) in [5.74, 6) is -1.27. The molecule has 2 atom stereocenters. The second kappa shape index (κ2) is 7.88. The minimum atomic E-state index is -1.09. The topological polar surface area (TPSA) is 117 Å². The number of nitrogens with two attached hydrogens (primary N) is 1. The number of rotatable bonds is 6. The average Bonchev–Trinajstić information content (AvgIpc) is 2.60. The third-order valence-electron chi connectivity index (χ3n) is 4.80. The van der Waals surface area contributed by atoms with Gasteiger partial charge in [0, 0.05) is 24.8 Å². The van der Waals surface area contributed by atoms with Gasteiger partial charge in [-0.1, -0.05) is 23.8 Å². The van der Waals surface area contributed by atoms with E-state index in [2.05, 4.69) is 21.9 Å². The first-order valence-corrected chi connectivity index (χ1v) is 8.74. The number of para-hydroxylation sites is 1. The highest BCUT2D eigenvalue weighted by atomic mass is 16.5. The van der Waals surface area contributed by atoms with Crippen molar-refractivity contribution in [2.75, 3.05) is 19.6 Å². The molecular weight excluding hydrogens is 335 g/mol. The molecule has 2 aliphatic heterocycles. The number of nitrogens with zero attached hydrogens (tertiary/aromatic N) is 2. The number of carboxylic acid groups (broad SMARTS) is 1. The Kier molecular flexibility index (Phi) is 5.58. The van der Waals surface area contributed by atoms with E-state index in [1.807, 2.05) is 0 Å². The number of nitrogens with one attached hydrogen (secondary N) is 1. The van der Waals surface area contributed by atoms with Crippen LogP contribution in [0.1, 0.15) is 28.8 Å². The van der Waals surface area contributed by atoms with Crippen LogP contribution in [-0.4, -0.2) is 54.6 Å². The second-order valence-corrected chi connectivity index (χ2v) is 6.91. The molecule has 2 aliphatic rings. The Morgan fingerprint density at radius 3 is 3.04 bits per heavy atom. The van der Waals surface area contributed by atoms with Crippen LogP contribution in [0.25, 0.3) is 0 Å². The maximum Gasteiger partial charge on any atom is 0.570 e. The quantitative estimate of drug-likeness (QED) is 0.513. The number of hydrogen-bond donors (Lipinski definition) is 3. The molecule has 4 N–H and O–H groups in total. The molecule has 3 rings (SSSR count). The molecule has 9 heteroatoms. The fourth-order valence-corrected chi connectivity index (χ4v) is 3.62. The van der Waals surface area contributed by atoms with Gasteiger partial charge in [-0.25, -0.2) is 4.79 Å². The zero-order valence-electron chi connectivity index (χ0n) is 14.6. The Labute approximate surface area is 152 Å². The number of aromatic carboxylic acids is 1. The van der Waals surface area contributed by atoms with Gasteiger partial charge in [-0.05, 0) is 37.4 Å². The van der Waals surface area contributed by atoms with Crippen molar-refractivity contribution in [2.24, 2.45) is 10.8 Å². The fraction of sp³-hybridized carbons (Fsp3) is 0.471. The number of piperidine rings is 1. The van der Waals surface area contributed by atoms with Crippen LogP contribution in [0, 0.1) is 4.91 Å². The SMILES string of the molecule is C=C(CN1CCCC(N)C1)NC1Cc2cccc(C(=O)O)c2OB1N=O. The average molecular weight is 358 g/mol. The van der Waals surface area contributed by atoms with Crippen LogP contribution in [-0.2, 0) is 6.42 Å². The highest BCUT2D eigenvalue weighted by Gasteiger charge is 2.39. The van der Waals surface area contributed by atoms with Crippen LogP contribution < -0.4 is 15.7 Å². The van der Waals surface area contributed by atoms with E-state index in [0.717, 1.165) is 37.2 Å². The van der Waals surface area contributed by atoms with E-state index in [1.54, 1.807) is 12.1 Å². The fourth-order valence-electron chi connectivity index (χ4n) is 3.62. The molecule has 1 fully saturated rings. The Morgan fingerprint density at radius 2 is 2.35 bits per heavy atom. The summed E-state index contributed by atoms with van der Waals surface area (Å²) in [6.07, 6.45) is 2.53. The lowest BCUT2D eigenvalue weighted by atomic mass is 9.68. The number of carbonyl (C=O) groups is 1. The van der Waals surface area contributed by atoms with E-state index in [9.17, 15) is 14.8 Å². The molecule has 26 heavy (non-hydrogen) atoms. The number of likely N-dealkylation sites (tertiary alicyclic amines) is 1. The monoisotopic (exact) mass is 358 g/mol. The molecule has 2 unspecified atom stereocenters. The molecule has 138 valence electrons. The van der Waals surface area contributed by atoms with E-state index in [4.69, 9.17) is 10.4 Å². The van der Waals surface area contributed by atoms with Crippen LogP contribution in [0.15, 0.2) is 35.6 Å². The van der Waals surface area contributed by atoms with Crippen molar-refractivity contribution >= 4 is 13.0 Å². The van der Waals surface area contributed by atoms with Gasteiger partial charge >= 0.3 is 13.0 Å². The third-order valence-corrected chi connectivity index (χ3v) is 4.80. The normalized spacial score (nSPS) is 22.9. The second-order valence-electron chi connectivity index (χ2n) is 6.91. The Morgan fingerprint density at radius 1 is 1.54 bits per heavy atom. The summed E-state index contributed by atoms with van der Waals surface area (Å²) in [5.41, 5.74) is 7.54. The predicted octanol–water partition coefficient (Wildman–Crippen LogP) is 1.01. The smallest absolute Gasteiger partial charge is 0.536 e. The summed E-state index contributed by atoms with van der Waals surface area (Å²) in [6.45, 7) is 6.48. The number of benzene rings is 1. The molecule has 8 nitrogen and oxygen atoms in total. The van der Waals surface area contributed by atoms with E-state index < -0.39 is 19.0 Å². The van der Waals surface area contributed by atoms with E-state index in [0.29, 0.717) is 13.0 Å². The number of hydrogen-bond acceptors (Lipinski definition) is 7. The summed E-state index contributed by atoms with van der Waals surface area (Å²) in [7, 11) is -1.01. The maximum atomic E-state index is 11.3. The highest BCUT2D eigenvalue weighted by molar-refractivity contribution is 6.53. The van der Waals surface area contributed by atoms with Crippen molar-refractivity contribution < 1.29 is 14.6 Å². The number of fused-ring (bicyclic) bond motifs is 1. The highest BCUT2D eigenvalue weighted by Crippen LogP contribution is 2.31. The van der Waals surface area contributed by atoms with Crippen molar-refractivity contribution in [3.63, 3.8) is 0 Å². The Balaban J connectivity index is 1.68. The van der Waals surface area contributed by atoms with Crippen molar-refractivity contribution in [3.05, 3.63) is 46.5 Å². The predicted molar refractivity (Wildman–Crippen MR) is 99.0 cm³/mol. The molecule has 0 radical (unpaired) electrons. The standard InChI is InChI=1S/C17H23BN4O4/c1-11(9-22-7-3-5-13(19)10-22)20-15-8-12-4-2-6-14(17(23)24)16(12)26-18(15)21-25/h2,4,6,13,15,20H,1,3,5,7-10,19H2,(H,23,24). The minimum absolute atomic E-state index is 0.0377. The Bertz CT molecular complexity index is 714. The minimum Gasteiger partial charge on any atom is -0.536 e. The lowest BCUT2D eigenvalue weighted by molar-refractivity contribution is 0.0694. The molecule has 0 spiro atoms. The lowest BCUT2D eigenvalue weighted by Crippen LogP contribution is -2.51. The van der Waals surface area contributed by atoms with Gasteiger partial charge in [0.25, 0.3) is 0 Å². The summed E-state index contributed by atoms with van der Waals surface area (Å²) >= 11 is 0. The van der Waals surface area contributed by atoms with Crippen molar-refractivity contribution in [3.8, 4) is 5.75 Å². The molecule has 1 aromatic carbocycles. The van der Waals surface area contributed by atoms with Gasteiger partial charge in [0.15, 0.2) is 0 Å². The van der Waals surface area contributed by atoms with Crippen LogP contribution >= 0.6 is 0 Å². The first-order valence-electron chi connectivity index (χ1n) is 8.74. The summed E-state index contributed by atoms with van der Waals surface area (Å²) < 4.78 is 5.60. The van der Waals surface area contributed by atoms with Gasteiger partial charge in [-0.2, -0.15) is 4.91 Å². The van der Waals surface area contributed by atoms with Crippen LogP contribution in [0.5, 0.6) is 5.75 Å². The zero-order valence-corrected chi connectivity index (χ0v) is 14.6. The largest absolute Gasteiger partial charge is 0.570 e. The van der Waals surface area contributed by atoms with Crippen molar-refractivity contribution in [1.82, 2.24) is 10.2 Å². The van der Waals surface area contributed by atoms with E-state index in [1.165, 1.54) is 6.07 Å².